The molecule has 1 unspecified atom stereocenters. The number of rotatable bonds is 8. The average Bonchev–Trinajstić information content (AvgIpc) is 2.74. The van der Waals surface area contributed by atoms with Gasteiger partial charge in [-0.2, -0.15) is 0 Å². The lowest BCUT2D eigenvalue weighted by Gasteiger charge is -2.41. The van der Waals surface area contributed by atoms with Crippen molar-refractivity contribution >= 4 is 9.84 Å². The number of aryl methyl sites for hydroxylation is 1. The molecule has 0 amide bonds. The number of ether oxygens (including phenoxy) is 2. The van der Waals surface area contributed by atoms with E-state index in [9.17, 15) is 8.42 Å². The first-order valence-corrected chi connectivity index (χ1v) is 11.8. The van der Waals surface area contributed by atoms with Crippen LogP contribution in [-0.4, -0.2) is 44.7 Å². The Kier molecular flexibility index (Phi) is 6.75. The Morgan fingerprint density at radius 2 is 1.97 bits per heavy atom. The molecule has 0 saturated carbocycles. The van der Waals surface area contributed by atoms with E-state index in [4.69, 9.17) is 9.47 Å². The van der Waals surface area contributed by atoms with Crippen molar-refractivity contribution in [2.45, 2.75) is 20.3 Å². The van der Waals surface area contributed by atoms with Crippen molar-refractivity contribution in [3.05, 3.63) is 60.9 Å². The Labute approximate surface area is 173 Å². The van der Waals surface area contributed by atoms with Gasteiger partial charge in [-0.1, -0.05) is 31.2 Å². The molecular weight excluding hydrogens is 386 g/mol. The Balaban J connectivity index is 1.70. The maximum atomic E-state index is 12.3. The van der Waals surface area contributed by atoms with Crippen LogP contribution in [0, 0.1) is 18.3 Å². The third kappa shape index (κ3) is 5.25. The number of nitrogens with zero attached hydrogens (tertiary/aromatic N) is 1. The van der Waals surface area contributed by atoms with Gasteiger partial charge in [0.15, 0.2) is 9.84 Å². The molecule has 6 heteroatoms. The molecule has 3 rings (SSSR count). The summed E-state index contributed by atoms with van der Waals surface area (Å²) in [5, 5.41) is 0. The van der Waals surface area contributed by atoms with E-state index >= 15 is 0 Å². The molecule has 1 aliphatic heterocycles. The Morgan fingerprint density at radius 3 is 2.59 bits per heavy atom. The Morgan fingerprint density at radius 1 is 1.24 bits per heavy atom. The molecule has 1 saturated heterocycles. The highest BCUT2D eigenvalue weighted by atomic mass is 32.2. The third-order valence-electron chi connectivity index (χ3n) is 5.73. The molecule has 5 nitrogen and oxygen atoms in total. The summed E-state index contributed by atoms with van der Waals surface area (Å²) in [7, 11) is -3.13. The van der Waals surface area contributed by atoms with Gasteiger partial charge in [0, 0.05) is 41.1 Å². The normalized spacial score (nSPS) is 22.2. The first-order valence-electron chi connectivity index (χ1n) is 9.95. The number of benzene rings is 1. The standard InChI is InChI=1S/C23H29NO4S/c1-4-23(17-29(25,26)5-2)12-13-27-15-21(23)16-28-22-10-8-19(9-11-22)20-7-6-18(3)24-14-20/h4,6-11,14,21H,1,5,12-13,15-17H2,2-3H3/t21-,23?/m1/s1. The number of aromatic nitrogens is 1. The van der Waals surface area contributed by atoms with E-state index < -0.39 is 15.3 Å². The second-order valence-electron chi connectivity index (χ2n) is 7.66. The SMILES string of the molecule is C=CC1(CS(=O)(=O)CC)CCOC[C@@H]1COc1ccc(-c2ccc(C)nc2)cc1. The van der Waals surface area contributed by atoms with Crippen LogP contribution in [0.4, 0.5) is 0 Å². The Hall–Kier alpha value is -2.18. The largest absolute Gasteiger partial charge is 0.493 e. The highest BCUT2D eigenvalue weighted by Gasteiger charge is 2.42. The van der Waals surface area contributed by atoms with Crippen LogP contribution in [0.2, 0.25) is 0 Å². The summed E-state index contributed by atoms with van der Waals surface area (Å²) in [6, 6.07) is 11.9. The number of allylic oxidation sites excluding steroid dienone is 1. The van der Waals surface area contributed by atoms with E-state index in [1.807, 2.05) is 49.5 Å². The second kappa shape index (κ2) is 9.09. The van der Waals surface area contributed by atoms with Crippen molar-refractivity contribution in [2.24, 2.45) is 11.3 Å². The summed E-state index contributed by atoms with van der Waals surface area (Å²) >= 11 is 0. The van der Waals surface area contributed by atoms with Crippen molar-refractivity contribution in [2.75, 3.05) is 31.3 Å². The summed E-state index contributed by atoms with van der Waals surface area (Å²) in [5.74, 6) is 0.912. The van der Waals surface area contributed by atoms with Crippen LogP contribution in [0.25, 0.3) is 11.1 Å². The minimum atomic E-state index is -3.13. The van der Waals surface area contributed by atoms with E-state index in [0.717, 1.165) is 22.6 Å². The van der Waals surface area contributed by atoms with Crippen molar-refractivity contribution in [3.63, 3.8) is 0 Å². The lowest BCUT2D eigenvalue weighted by Crippen LogP contribution is -2.45. The minimum Gasteiger partial charge on any atom is -0.493 e. The molecule has 0 bridgehead atoms. The van der Waals surface area contributed by atoms with E-state index in [0.29, 0.717) is 26.2 Å². The maximum Gasteiger partial charge on any atom is 0.150 e. The molecule has 2 heterocycles. The van der Waals surface area contributed by atoms with Gasteiger partial charge in [-0.3, -0.25) is 4.98 Å². The fraction of sp³-hybridized carbons (Fsp3) is 0.435. The smallest absolute Gasteiger partial charge is 0.150 e. The van der Waals surface area contributed by atoms with Gasteiger partial charge in [-0.15, -0.1) is 6.58 Å². The van der Waals surface area contributed by atoms with Crippen LogP contribution in [0.15, 0.2) is 55.3 Å². The van der Waals surface area contributed by atoms with Crippen LogP contribution in [0.1, 0.15) is 19.0 Å². The lowest BCUT2D eigenvalue weighted by molar-refractivity contribution is -0.0259. The summed E-state index contributed by atoms with van der Waals surface area (Å²) in [5.41, 5.74) is 2.60. The fourth-order valence-electron chi connectivity index (χ4n) is 3.68. The predicted molar refractivity (Wildman–Crippen MR) is 116 cm³/mol. The molecule has 1 aromatic carbocycles. The van der Waals surface area contributed by atoms with E-state index in [1.54, 1.807) is 13.0 Å². The first-order chi connectivity index (χ1) is 13.9. The second-order valence-corrected chi connectivity index (χ2v) is 10.0. The van der Waals surface area contributed by atoms with Crippen molar-refractivity contribution in [3.8, 4) is 16.9 Å². The Bertz CT molecular complexity index is 922. The molecule has 1 fully saturated rings. The number of hydrogen-bond donors (Lipinski definition) is 0. The molecule has 1 aromatic heterocycles. The molecule has 0 N–H and O–H groups in total. The zero-order valence-corrected chi connectivity index (χ0v) is 18.0. The molecule has 0 radical (unpaired) electrons. The van der Waals surface area contributed by atoms with Crippen LogP contribution < -0.4 is 4.74 Å². The molecule has 29 heavy (non-hydrogen) atoms. The monoisotopic (exact) mass is 415 g/mol. The third-order valence-corrected chi connectivity index (χ3v) is 7.59. The molecule has 156 valence electrons. The van der Waals surface area contributed by atoms with Crippen molar-refractivity contribution in [1.29, 1.82) is 0 Å². The van der Waals surface area contributed by atoms with E-state index in [1.165, 1.54) is 0 Å². The van der Waals surface area contributed by atoms with Gasteiger partial charge in [-0.05, 0) is 37.1 Å². The van der Waals surface area contributed by atoms with Crippen LogP contribution in [0.3, 0.4) is 0 Å². The average molecular weight is 416 g/mol. The van der Waals surface area contributed by atoms with E-state index in [-0.39, 0.29) is 17.4 Å². The van der Waals surface area contributed by atoms with Gasteiger partial charge in [-0.25, -0.2) is 8.42 Å². The van der Waals surface area contributed by atoms with Crippen LogP contribution in [-0.2, 0) is 14.6 Å². The molecule has 2 atom stereocenters. The fourth-order valence-corrected chi connectivity index (χ4v) is 5.20. The number of pyridine rings is 1. The number of hydrogen-bond acceptors (Lipinski definition) is 5. The molecular formula is C23H29NO4S. The van der Waals surface area contributed by atoms with Gasteiger partial charge in [0.1, 0.15) is 5.75 Å². The highest BCUT2D eigenvalue weighted by molar-refractivity contribution is 7.91. The zero-order chi connectivity index (χ0) is 20.9. The first kappa shape index (κ1) is 21.5. The molecule has 1 aliphatic rings. The van der Waals surface area contributed by atoms with Crippen LogP contribution >= 0.6 is 0 Å². The zero-order valence-electron chi connectivity index (χ0n) is 17.1. The van der Waals surface area contributed by atoms with Crippen molar-refractivity contribution < 1.29 is 17.9 Å². The van der Waals surface area contributed by atoms with Gasteiger partial charge < -0.3 is 9.47 Å². The van der Waals surface area contributed by atoms with Gasteiger partial charge >= 0.3 is 0 Å². The van der Waals surface area contributed by atoms with Crippen molar-refractivity contribution in [1.82, 2.24) is 4.98 Å². The van der Waals surface area contributed by atoms with Gasteiger partial charge in [0.05, 0.1) is 19.0 Å². The molecule has 0 spiro atoms. The van der Waals surface area contributed by atoms with E-state index in [2.05, 4.69) is 11.6 Å². The summed E-state index contributed by atoms with van der Waals surface area (Å²) in [4.78, 5) is 4.33. The van der Waals surface area contributed by atoms with Crippen LogP contribution in [0.5, 0.6) is 5.75 Å². The maximum absolute atomic E-state index is 12.3. The summed E-state index contributed by atoms with van der Waals surface area (Å²) in [6.45, 7) is 8.99. The van der Waals surface area contributed by atoms with Gasteiger partial charge in [0.2, 0.25) is 0 Å². The quantitative estimate of drug-likeness (QED) is 0.608. The lowest BCUT2D eigenvalue weighted by atomic mass is 9.74. The topological polar surface area (TPSA) is 65.5 Å². The predicted octanol–water partition coefficient (Wildman–Crippen LogP) is 4.08. The summed E-state index contributed by atoms with van der Waals surface area (Å²) in [6.07, 6.45) is 4.30. The summed E-state index contributed by atoms with van der Waals surface area (Å²) < 4.78 is 36.3. The van der Waals surface area contributed by atoms with Gasteiger partial charge in [0.25, 0.3) is 0 Å². The molecule has 0 aliphatic carbocycles. The highest BCUT2D eigenvalue weighted by Crippen LogP contribution is 2.39. The molecule has 2 aromatic rings. The number of sulfone groups is 1. The minimum absolute atomic E-state index is 0.0592.